The van der Waals surface area contributed by atoms with Crippen LogP contribution < -0.4 is 14.8 Å². The fourth-order valence-corrected chi connectivity index (χ4v) is 4.48. The van der Waals surface area contributed by atoms with E-state index in [0.29, 0.717) is 17.0 Å². The van der Waals surface area contributed by atoms with Gasteiger partial charge in [-0.25, -0.2) is 13.1 Å². The molecule has 6 nitrogen and oxygen atoms in total. The van der Waals surface area contributed by atoms with Gasteiger partial charge in [0.2, 0.25) is 10.0 Å². The molecule has 0 spiro atoms. The summed E-state index contributed by atoms with van der Waals surface area (Å²) < 4.78 is 32.9. The molecule has 1 aliphatic rings. The van der Waals surface area contributed by atoms with Crippen LogP contribution in [0.25, 0.3) is 0 Å². The molecule has 27 heavy (non-hydrogen) atoms. The Kier molecular flexibility index (Phi) is 6.13. The monoisotopic (exact) mass is 388 g/mol. The smallest absolute Gasteiger partial charge is 0.255 e. The van der Waals surface area contributed by atoms with Crippen molar-refractivity contribution in [2.24, 2.45) is 0 Å². The summed E-state index contributed by atoms with van der Waals surface area (Å²) in [6, 6.07) is 13.0. The third-order valence-corrected chi connectivity index (χ3v) is 6.24. The lowest BCUT2D eigenvalue weighted by Gasteiger charge is -2.22. The van der Waals surface area contributed by atoms with Gasteiger partial charge in [-0.05, 0) is 61.4 Å². The number of sulfonamides is 1. The highest BCUT2D eigenvalue weighted by molar-refractivity contribution is 7.89. The Bertz CT molecular complexity index is 871. The molecule has 2 aromatic rings. The van der Waals surface area contributed by atoms with E-state index in [4.69, 9.17) is 4.74 Å². The molecule has 0 bridgehead atoms. The van der Waals surface area contributed by atoms with Gasteiger partial charge in [0.15, 0.2) is 0 Å². The van der Waals surface area contributed by atoms with Gasteiger partial charge >= 0.3 is 0 Å². The van der Waals surface area contributed by atoms with E-state index in [1.165, 1.54) is 24.3 Å². The van der Waals surface area contributed by atoms with Crippen molar-refractivity contribution in [3.05, 3.63) is 54.1 Å². The number of hydrogen-bond donors (Lipinski definition) is 2. The quantitative estimate of drug-likeness (QED) is 0.792. The number of benzene rings is 2. The number of anilines is 1. The number of carbonyl (C=O) groups excluding carboxylic acids is 1. The van der Waals surface area contributed by atoms with Crippen molar-refractivity contribution in [1.29, 1.82) is 0 Å². The first-order valence-corrected chi connectivity index (χ1v) is 10.5. The van der Waals surface area contributed by atoms with E-state index in [9.17, 15) is 13.2 Å². The number of amides is 1. The highest BCUT2D eigenvalue weighted by Gasteiger charge is 2.22. The predicted molar refractivity (Wildman–Crippen MR) is 105 cm³/mol. The van der Waals surface area contributed by atoms with E-state index in [2.05, 4.69) is 10.0 Å². The van der Waals surface area contributed by atoms with Crippen molar-refractivity contribution in [1.82, 2.24) is 4.72 Å². The maximum absolute atomic E-state index is 12.5. The molecule has 3 rings (SSSR count). The lowest BCUT2D eigenvalue weighted by Crippen LogP contribution is -2.36. The average molecular weight is 388 g/mol. The van der Waals surface area contributed by atoms with Gasteiger partial charge in [-0.2, -0.15) is 0 Å². The van der Waals surface area contributed by atoms with Gasteiger partial charge in [0, 0.05) is 17.3 Å². The Morgan fingerprint density at radius 2 is 1.59 bits per heavy atom. The maximum atomic E-state index is 12.5. The molecule has 144 valence electrons. The first-order valence-electron chi connectivity index (χ1n) is 9.06. The zero-order valence-electron chi connectivity index (χ0n) is 15.3. The van der Waals surface area contributed by atoms with Crippen LogP contribution in [0.4, 0.5) is 5.69 Å². The van der Waals surface area contributed by atoms with Gasteiger partial charge in [0.25, 0.3) is 5.91 Å². The number of ether oxygens (including phenoxy) is 1. The van der Waals surface area contributed by atoms with Crippen LogP contribution in [0.2, 0.25) is 0 Å². The van der Waals surface area contributed by atoms with Gasteiger partial charge in [-0.1, -0.05) is 19.3 Å². The van der Waals surface area contributed by atoms with Crippen LogP contribution in [0.5, 0.6) is 5.75 Å². The van der Waals surface area contributed by atoms with E-state index in [0.717, 1.165) is 32.1 Å². The highest BCUT2D eigenvalue weighted by Crippen LogP contribution is 2.21. The molecule has 1 aliphatic carbocycles. The van der Waals surface area contributed by atoms with Crippen molar-refractivity contribution in [3.63, 3.8) is 0 Å². The topological polar surface area (TPSA) is 84.5 Å². The first-order chi connectivity index (χ1) is 13.0. The minimum Gasteiger partial charge on any atom is -0.497 e. The largest absolute Gasteiger partial charge is 0.497 e. The molecular weight excluding hydrogens is 364 g/mol. The van der Waals surface area contributed by atoms with Crippen LogP contribution >= 0.6 is 0 Å². The SMILES string of the molecule is COc1ccc(NC(=O)c2ccc(S(=O)(=O)NC3CCCCC3)cc2)cc1. The lowest BCUT2D eigenvalue weighted by molar-refractivity contribution is 0.102. The summed E-state index contributed by atoms with van der Waals surface area (Å²) in [5, 5.41) is 2.77. The number of rotatable bonds is 6. The maximum Gasteiger partial charge on any atom is 0.255 e. The molecule has 0 saturated heterocycles. The second kappa shape index (κ2) is 8.54. The van der Waals surface area contributed by atoms with Gasteiger partial charge in [-0.15, -0.1) is 0 Å². The molecule has 2 N–H and O–H groups in total. The Morgan fingerprint density at radius 3 is 2.19 bits per heavy atom. The van der Waals surface area contributed by atoms with E-state index < -0.39 is 10.0 Å². The lowest BCUT2D eigenvalue weighted by atomic mass is 9.96. The van der Waals surface area contributed by atoms with Crippen LogP contribution in [0.1, 0.15) is 42.5 Å². The van der Waals surface area contributed by atoms with Gasteiger partial charge in [0.05, 0.1) is 12.0 Å². The predicted octanol–water partition coefficient (Wildman–Crippen LogP) is 3.56. The number of nitrogens with one attached hydrogen (secondary N) is 2. The van der Waals surface area contributed by atoms with Crippen LogP contribution in [-0.4, -0.2) is 27.5 Å². The zero-order chi connectivity index (χ0) is 19.3. The number of hydrogen-bond acceptors (Lipinski definition) is 4. The highest BCUT2D eigenvalue weighted by atomic mass is 32.2. The molecule has 1 fully saturated rings. The minimum absolute atomic E-state index is 0.00166. The van der Waals surface area contributed by atoms with E-state index >= 15 is 0 Å². The molecule has 0 atom stereocenters. The van der Waals surface area contributed by atoms with Crippen molar-refractivity contribution in [2.75, 3.05) is 12.4 Å². The Balaban J connectivity index is 1.65. The molecule has 7 heteroatoms. The third kappa shape index (κ3) is 5.08. The standard InChI is InChI=1S/C20H24N2O4S/c1-26-18-11-9-16(10-12-18)21-20(23)15-7-13-19(14-8-15)27(24,25)22-17-5-3-2-4-6-17/h7-14,17,22H,2-6H2,1H3,(H,21,23). The second-order valence-electron chi connectivity index (χ2n) is 6.66. The normalized spacial score (nSPS) is 15.3. The number of methoxy groups -OCH3 is 1. The minimum atomic E-state index is -3.56. The molecule has 0 aliphatic heterocycles. The van der Waals surface area contributed by atoms with Crippen molar-refractivity contribution < 1.29 is 17.9 Å². The third-order valence-electron chi connectivity index (χ3n) is 4.70. The molecule has 0 aromatic heterocycles. The molecule has 0 heterocycles. The summed E-state index contributed by atoms with van der Waals surface area (Å²) in [5.41, 5.74) is 1.03. The summed E-state index contributed by atoms with van der Waals surface area (Å²) in [4.78, 5) is 12.5. The summed E-state index contributed by atoms with van der Waals surface area (Å²) >= 11 is 0. The van der Waals surface area contributed by atoms with E-state index in [1.54, 1.807) is 31.4 Å². The van der Waals surface area contributed by atoms with Crippen molar-refractivity contribution in [3.8, 4) is 5.75 Å². The van der Waals surface area contributed by atoms with E-state index in [-0.39, 0.29) is 16.8 Å². The Labute approximate surface area is 160 Å². The number of carbonyl (C=O) groups is 1. The molecule has 1 amide bonds. The summed E-state index contributed by atoms with van der Waals surface area (Å²) in [6.45, 7) is 0. The molecule has 0 unspecified atom stereocenters. The van der Waals surface area contributed by atoms with Crippen LogP contribution in [0, 0.1) is 0 Å². The summed E-state index contributed by atoms with van der Waals surface area (Å²) in [7, 11) is -1.99. The van der Waals surface area contributed by atoms with Crippen LogP contribution in [0.15, 0.2) is 53.4 Å². The average Bonchev–Trinajstić information content (AvgIpc) is 2.69. The van der Waals surface area contributed by atoms with Gasteiger partial charge in [0.1, 0.15) is 5.75 Å². The van der Waals surface area contributed by atoms with E-state index in [1.807, 2.05) is 0 Å². The molecule has 2 aromatic carbocycles. The van der Waals surface area contributed by atoms with Gasteiger partial charge in [-0.3, -0.25) is 4.79 Å². The van der Waals surface area contributed by atoms with Crippen LogP contribution in [-0.2, 0) is 10.0 Å². The summed E-state index contributed by atoms with van der Waals surface area (Å²) in [5.74, 6) is 0.400. The zero-order valence-corrected chi connectivity index (χ0v) is 16.1. The van der Waals surface area contributed by atoms with Crippen molar-refractivity contribution in [2.45, 2.75) is 43.0 Å². The fraction of sp³-hybridized carbons (Fsp3) is 0.350. The summed E-state index contributed by atoms with van der Waals surface area (Å²) in [6.07, 6.45) is 5.02. The second-order valence-corrected chi connectivity index (χ2v) is 8.38. The van der Waals surface area contributed by atoms with Crippen LogP contribution in [0.3, 0.4) is 0 Å². The molecule has 1 saturated carbocycles. The van der Waals surface area contributed by atoms with Gasteiger partial charge < -0.3 is 10.1 Å². The Morgan fingerprint density at radius 1 is 0.963 bits per heavy atom. The first kappa shape index (κ1) is 19.4. The fourth-order valence-electron chi connectivity index (χ4n) is 3.17. The Hall–Kier alpha value is -2.38. The molecule has 0 radical (unpaired) electrons. The van der Waals surface area contributed by atoms with Crippen molar-refractivity contribution >= 4 is 21.6 Å². The molecular formula is C20H24N2O4S.